The average molecular weight is 552 g/mol. The third-order valence-corrected chi connectivity index (χ3v) is 6.05. The summed E-state index contributed by atoms with van der Waals surface area (Å²) in [6.07, 6.45) is 2.72. The van der Waals surface area contributed by atoms with E-state index in [1.54, 1.807) is 12.1 Å². The van der Waals surface area contributed by atoms with Gasteiger partial charge in [-0.05, 0) is 82.2 Å². The van der Waals surface area contributed by atoms with Gasteiger partial charge in [0.15, 0.2) is 23.3 Å². The average Bonchev–Trinajstić information content (AvgIpc) is 3.11. The highest BCUT2D eigenvalue weighted by molar-refractivity contribution is 14.1. The number of thioether (sulfide) groups is 1. The fourth-order valence-corrected chi connectivity index (χ4v) is 4.33. The fraction of sp³-hybridized carbons (Fsp3) is 0.227. The maximum Gasteiger partial charge on any atom is 0.343 e. The normalized spacial score (nSPS) is 15.8. The number of nitrogens with one attached hydrogen (secondary N) is 1. The lowest BCUT2D eigenvalue weighted by molar-refractivity contribution is -0.143. The van der Waals surface area contributed by atoms with Crippen LogP contribution < -0.4 is 14.8 Å². The van der Waals surface area contributed by atoms with Gasteiger partial charge in [-0.1, -0.05) is 19.1 Å². The minimum absolute atomic E-state index is 0.214. The van der Waals surface area contributed by atoms with Crippen LogP contribution in [-0.2, 0) is 20.7 Å². The molecule has 2 aromatic carbocycles. The van der Waals surface area contributed by atoms with Crippen LogP contribution in [0.1, 0.15) is 18.1 Å². The number of hydrogen-bond acceptors (Lipinski definition) is 7. The van der Waals surface area contributed by atoms with E-state index in [1.165, 1.54) is 31.5 Å². The third-order valence-electron chi connectivity index (χ3n) is 4.34. The minimum Gasteiger partial charge on any atom is -0.493 e. The SMILES string of the molecule is CCc1ccc(N=C2NC(=O)/C(=C/c3cc(I)c(OCC(=O)OC)c(OC)c3)S2)cc1. The Morgan fingerprint density at radius 2 is 1.97 bits per heavy atom. The van der Waals surface area contributed by atoms with Crippen molar-refractivity contribution in [2.45, 2.75) is 13.3 Å². The van der Waals surface area contributed by atoms with Crippen LogP contribution in [0.3, 0.4) is 0 Å². The van der Waals surface area contributed by atoms with Crippen LogP contribution in [0.4, 0.5) is 5.69 Å². The van der Waals surface area contributed by atoms with Crippen LogP contribution in [-0.4, -0.2) is 37.9 Å². The van der Waals surface area contributed by atoms with Crippen molar-refractivity contribution in [1.29, 1.82) is 0 Å². The zero-order chi connectivity index (χ0) is 22.4. The van der Waals surface area contributed by atoms with E-state index in [4.69, 9.17) is 9.47 Å². The van der Waals surface area contributed by atoms with E-state index < -0.39 is 5.97 Å². The van der Waals surface area contributed by atoms with Crippen molar-refractivity contribution in [3.8, 4) is 11.5 Å². The lowest BCUT2D eigenvalue weighted by Crippen LogP contribution is -2.19. The highest BCUT2D eigenvalue weighted by atomic mass is 127. The molecule has 0 saturated carbocycles. The van der Waals surface area contributed by atoms with Gasteiger partial charge in [-0.2, -0.15) is 0 Å². The second-order valence-electron chi connectivity index (χ2n) is 6.40. The Hall–Kier alpha value is -2.53. The molecule has 31 heavy (non-hydrogen) atoms. The molecule has 0 aliphatic carbocycles. The van der Waals surface area contributed by atoms with Gasteiger partial charge in [0.25, 0.3) is 5.91 Å². The first kappa shape index (κ1) is 23.1. The number of nitrogens with zero attached hydrogens (tertiary/aromatic N) is 1. The van der Waals surface area contributed by atoms with E-state index in [9.17, 15) is 9.59 Å². The lowest BCUT2D eigenvalue weighted by atomic mass is 10.2. The fourth-order valence-electron chi connectivity index (χ4n) is 2.71. The summed E-state index contributed by atoms with van der Waals surface area (Å²) in [4.78, 5) is 28.8. The summed E-state index contributed by atoms with van der Waals surface area (Å²) in [6, 6.07) is 11.5. The Kier molecular flexibility index (Phi) is 7.97. The van der Waals surface area contributed by atoms with Gasteiger partial charge in [0.05, 0.1) is 28.4 Å². The summed E-state index contributed by atoms with van der Waals surface area (Å²) < 4.78 is 16.3. The van der Waals surface area contributed by atoms with Crippen molar-refractivity contribution < 1.29 is 23.8 Å². The predicted octanol–water partition coefficient (Wildman–Crippen LogP) is 4.31. The van der Waals surface area contributed by atoms with E-state index in [0.717, 1.165) is 21.2 Å². The zero-order valence-corrected chi connectivity index (χ0v) is 20.2. The Labute approximate surface area is 198 Å². The Bertz CT molecular complexity index is 1050. The number of esters is 1. The summed E-state index contributed by atoms with van der Waals surface area (Å²) in [5.74, 6) is 0.195. The summed E-state index contributed by atoms with van der Waals surface area (Å²) in [7, 11) is 2.81. The summed E-state index contributed by atoms with van der Waals surface area (Å²) >= 11 is 3.37. The molecule has 1 heterocycles. The van der Waals surface area contributed by atoms with Gasteiger partial charge in [-0.15, -0.1) is 0 Å². The van der Waals surface area contributed by atoms with Crippen LogP contribution in [0, 0.1) is 3.57 Å². The standard InChI is InChI=1S/C22H21IN2O5S/c1-4-13-5-7-15(8-6-13)24-22-25-21(27)18(31-22)11-14-9-16(23)20(17(10-14)28-2)30-12-19(26)29-3/h5-11H,4,12H2,1-3H3,(H,24,25,27)/b18-11-. The van der Waals surface area contributed by atoms with Crippen LogP contribution in [0.15, 0.2) is 46.3 Å². The van der Waals surface area contributed by atoms with Crippen molar-refractivity contribution in [3.63, 3.8) is 0 Å². The molecule has 2 aromatic rings. The number of benzene rings is 2. The number of hydrogen-bond donors (Lipinski definition) is 1. The molecule has 1 N–H and O–H groups in total. The van der Waals surface area contributed by atoms with Gasteiger partial charge >= 0.3 is 5.97 Å². The molecule has 7 nitrogen and oxygen atoms in total. The topological polar surface area (TPSA) is 86.2 Å². The Morgan fingerprint density at radius 1 is 1.23 bits per heavy atom. The summed E-state index contributed by atoms with van der Waals surface area (Å²) in [5, 5.41) is 3.32. The second kappa shape index (κ2) is 10.7. The van der Waals surface area contributed by atoms with E-state index in [0.29, 0.717) is 21.6 Å². The van der Waals surface area contributed by atoms with Gasteiger partial charge in [0.1, 0.15) is 0 Å². The van der Waals surface area contributed by atoms with E-state index >= 15 is 0 Å². The lowest BCUT2D eigenvalue weighted by Gasteiger charge is -2.13. The molecular formula is C22H21IN2O5S. The first-order valence-corrected chi connectivity index (χ1v) is 11.3. The molecule has 0 atom stereocenters. The maximum absolute atomic E-state index is 12.4. The smallest absolute Gasteiger partial charge is 0.343 e. The molecule has 0 spiro atoms. The van der Waals surface area contributed by atoms with Crippen LogP contribution in [0.2, 0.25) is 0 Å². The number of aliphatic imine (C=N–C) groups is 1. The number of halogens is 1. The van der Waals surface area contributed by atoms with E-state index in [-0.39, 0.29) is 12.5 Å². The quantitative estimate of drug-likeness (QED) is 0.313. The Balaban J connectivity index is 1.80. The summed E-state index contributed by atoms with van der Waals surface area (Å²) in [6.45, 7) is 1.87. The minimum atomic E-state index is -0.487. The van der Waals surface area contributed by atoms with Gasteiger partial charge in [-0.25, -0.2) is 9.79 Å². The molecule has 3 rings (SSSR count). The van der Waals surface area contributed by atoms with E-state index in [2.05, 4.69) is 44.6 Å². The van der Waals surface area contributed by atoms with Gasteiger partial charge < -0.3 is 19.5 Å². The summed E-state index contributed by atoms with van der Waals surface area (Å²) in [5.41, 5.74) is 2.78. The number of amides is 1. The molecule has 0 radical (unpaired) electrons. The highest BCUT2D eigenvalue weighted by Gasteiger charge is 2.24. The first-order valence-electron chi connectivity index (χ1n) is 9.39. The van der Waals surface area contributed by atoms with Crippen LogP contribution >= 0.6 is 34.4 Å². The van der Waals surface area contributed by atoms with Gasteiger partial charge in [-0.3, -0.25) is 4.79 Å². The molecule has 1 fully saturated rings. The van der Waals surface area contributed by atoms with Gasteiger partial charge in [0.2, 0.25) is 0 Å². The predicted molar refractivity (Wildman–Crippen MR) is 130 cm³/mol. The highest BCUT2D eigenvalue weighted by Crippen LogP contribution is 2.36. The van der Waals surface area contributed by atoms with Crippen molar-refractivity contribution in [1.82, 2.24) is 5.32 Å². The number of carbonyl (C=O) groups is 2. The number of aryl methyl sites for hydroxylation is 1. The molecule has 1 aliphatic heterocycles. The molecule has 0 bridgehead atoms. The van der Waals surface area contributed by atoms with Crippen molar-refractivity contribution in [2.24, 2.45) is 4.99 Å². The molecule has 1 aliphatic rings. The number of rotatable bonds is 7. The molecule has 1 saturated heterocycles. The molecule has 162 valence electrons. The molecule has 1 amide bonds. The first-order chi connectivity index (χ1) is 14.9. The van der Waals surface area contributed by atoms with Crippen molar-refractivity contribution >= 4 is 63.2 Å². The molecule has 0 aromatic heterocycles. The zero-order valence-electron chi connectivity index (χ0n) is 17.2. The molecule has 0 unspecified atom stereocenters. The maximum atomic E-state index is 12.4. The van der Waals surface area contributed by atoms with Crippen molar-refractivity contribution in [2.75, 3.05) is 20.8 Å². The number of ether oxygens (including phenoxy) is 3. The second-order valence-corrected chi connectivity index (χ2v) is 8.59. The number of carbonyl (C=O) groups excluding carboxylic acids is 2. The Morgan fingerprint density at radius 3 is 2.61 bits per heavy atom. The van der Waals surface area contributed by atoms with Crippen LogP contribution in [0.25, 0.3) is 6.08 Å². The largest absolute Gasteiger partial charge is 0.493 e. The van der Waals surface area contributed by atoms with Gasteiger partial charge in [0, 0.05) is 0 Å². The number of amidine groups is 1. The monoisotopic (exact) mass is 552 g/mol. The van der Waals surface area contributed by atoms with Crippen molar-refractivity contribution in [3.05, 3.63) is 56.0 Å². The van der Waals surface area contributed by atoms with E-state index in [1.807, 2.05) is 30.3 Å². The molecule has 9 heteroatoms. The van der Waals surface area contributed by atoms with Crippen LogP contribution in [0.5, 0.6) is 11.5 Å². The number of methoxy groups -OCH3 is 2. The third kappa shape index (κ3) is 6.01. The molecular weight excluding hydrogens is 531 g/mol.